The van der Waals surface area contributed by atoms with Gasteiger partial charge in [0, 0.05) is 44.8 Å². The molecule has 0 fully saturated rings. The molecule has 3 heterocycles. The summed E-state index contributed by atoms with van der Waals surface area (Å²) in [5.74, 6) is 0.783. The average molecular weight is 649 g/mol. The molecule has 2 aromatic heterocycles. The molecular weight excluding hydrogens is 621 g/mol. The number of para-hydroxylation sites is 1. The van der Waals surface area contributed by atoms with Crippen LogP contribution in [0.2, 0.25) is 10.0 Å². The lowest BCUT2D eigenvalue weighted by Gasteiger charge is -2.30. The number of ether oxygens (including phenoxy) is 1. The molecule has 1 aliphatic heterocycles. The number of nitrogens with zero attached hydrogens (tertiary/aromatic N) is 3. The molecule has 0 saturated carbocycles. The largest absolute Gasteiger partial charge is 0.497 e. The molecule has 5 nitrogen and oxygen atoms in total. The smallest absolute Gasteiger partial charge is 0.271 e. The Morgan fingerprint density at radius 3 is 2.60 bits per heavy atom. The number of benzene rings is 4. The number of rotatable bonds is 5. The molecule has 8 rings (SSSR count). The third kappa shape index (κ3) is 4.85. The van der Waals surface area contributed by atoms with Crippen molar-refractivity contribution in [3.8, 4) is 5.75 Å². The van der Waals surface area contributed by atoms with Crippen LogP contribution in [0.25, 0.3) is 22.7 Å². The summed E-state index contributed by atoms with van der Waals surface area (Å²) in [7, 11) is 1.66. The first-order valence-corrected chi connectivity index (χ1v) is 16.3. The Hall–Kier alpha value is -4.36. The van der Waals surface area contributed by atoms with Gasteiger partial charge >= 0.3 is 0 Å². The summed E-state index contributed by atoms with van der Waals surface area (Å²) in [5.41, 5.74) is 8.61. The van der Waals surface area contributed by atoms with Crippen LogP contribution in [0.3, 0.4) is 0 Å². The maximum atomic E-state index is 14.4. The molecule has 0 amide bonds. The SMILES string of the molecule is COc1ccc(C2C3=C(N=c4sc(=Cc5cn(Cc6ccc(Cl)cc6Cl)c6ccccc56)c(=O)n42)c2ccccc2CC3)cc1. The van der Waals surface area contributed by atoms with Crippen LogP contribution < -0.4 is 19.6 Å². The van der Waals surface area contributed by atoms with E-state index in [1.807, 2.05) is 47.0 Å². The van der Waals surface area contributed by atoms with E-state index in [-0.39, 0.29) is 11.6 Å². The molecule has 0 bridgehead atoms. The summed E-state index contributed by atoms with van der Waals surface area (Å²) in [6.07, 6.45) is 5.86. The highest BCUT2D eigenvalue weighted by molar-refractivity contribution is 7.07. The zero-order valence-electron chi connectivity index (χ0n) is 24.3. The minimum Gasteiger partial charge on any atom is -0.497 e. The molecule has 2 aliphatic rings. The minimum atomic E-state index is -0.244. The first-order chi connectivity index (χ1) is 22.0. The molecule has 6 aromatic rings. The van der Waals surface area contributed by atoms with Gasteiger partial charge in [-0.3, -0.25) is 9.36 Å². The van der Waals surface area contributed by atoms with Crippen molar-refractivity contribution in [2.75, 3.05) is 7.11 Å². The number of hydrogen-bond donors (Lipinski definition) is 0. The zero-order valence-corrected chi connectivity index (χ0v) is 26.7. The van der Waals surface area contributed by atoms with E-state index in [0.717, 1.165) is 57.4 Å². The molecule has 1 aliphatic carbocycles. The quantitative estimate of drug-likeness (QED) is 0.193. The van der Waals surface area contributed by atoms with Gasteiger partial charge in [-0.05, 0) is 71.5 Å². The van der Waals surface area contributed by atoms with Crippen molar-refractivity contribution in [2.45, 2.75) is 25.4 Å². The fourth-order valence-electron chi connectivity index (χ4n) is 6.60. The third-order valence-electron chi connectivity index (χ3n) is 8.77. The van der Waals surface area contributed by atoms with E-state index in [1.165, 1.54) is 22.5 Å². The summed E-state index contributed by atoms with van der Waals surface area (Å²) < 4.78 is 10.1. The Morgan fingerprint density at radius 2 is 1.78 bits per heavy atom. The van der Waals surface area contributed by atoms with Crippen molar-refractivity contribution in [2.24, 2.45) is 4.99 Å². The second kappa shape index (κ2) is 11.2. The third-order valence-corrected chi connectivity index (χ3v) is 10.3. The molecule has 45 heavy (non-hydrogen) atoms. The van der Waals surface area contributed by atoms with Gasteiger partial charge in [-0.25, -0.2) is 4.99 Å². The second-order valence-electron chi connectivity index (χ2n) is 11.4. The van der Waals surface area contributed by atoms with Gasteiger partial charge in [0.15, 0.2) is 4.80 Å². The van der Waals surface area contributed by atoms with Crippen molar-refractivity contribution in [1.29, 1.82) is 0 Å². The number of hydrogen-bond acceptors (Lipinski definition) is 4. The van der Waals surface area contributed by atoms with Gasteiger partial charge in [0.05, 0.1) is 23.4 Å². The van der Waals surface area contributed by atoms with E-state index < -0.39 is 0 Å². The van der Waals surface area contributed by atoms with Crippen LogP contribution in [-0.4, -0.2) is 16.2 Å². The van der Waals surface area contributed by atoms with Gasteiger partial charge in [0.2, 0.25) is 0 Å². The topological polar surface area (TPSA) is 48.5 Å². The van der Waals surface area contributed by atoms with E-state index >= 15 is 0 Å². The summed E-state index contributed by atoms with van der Waals surface area (Å²) in [6, 6.07) is 30.1. The molecule has 222 valence electrons. The average Bonchev–Trinajstić information content (AvgIpc) is 3.57. The van der Waals surface area contributed by atoms with Crippen LogP contribution in [0.1, 0.15) is 40.3 Å². The monoisotopic (exact) mass is 647 g/mol. The zero-order chi connectivity index (χ0) is 30.7. The van der Waals surface area contributed by atoms with Crippen LogP contribution >= 0.6 is 34.5 Å². The van der Waals surface area contributed by atoms with Gasteiger partial charge in [0.1, 0.15) is 5.75 Å². The first-order valence-electron chi connectivity index (χ1n) is 14.8. The highest BCUT2D eigenvalue weighted by Crippen LogP contribution is 2.41. The number of thiazole rings is 1. The summed E-state index contributed by atoms with van der Waals surface area (Å²) in [5, 5.41) is 2.29. The predicted molar refractivity (Wildman–Crippen MR) is 183 cm³/mol. The molecule has 0 radical (unpaired) electrons. The molecule has 8 heteroatoms. The van der Waals surface area contributed by atoms with Crippen molar-refractivity contribution in [3.05, 3.63) is 160 Å². The molecule has 4 aromatic carbocycles. The summed E-state index contributed by atoms with van der Waals surface area (Å²) >= 11 is 14.1. The maximum Gasteiger partial charge on any atom is 0.271 e. The van der Waals surface area contributed by atoms with Crippen LogP contribution in [0.4, 0.5) is 0 Å². The number of aryl methyl sites for hydroxylation is 1. The van der Waals surface area contributed by atoms with Gasteiger partial charge < -0.3 is 9.30 Å². The fraction of sp³-hybridized carbons (Fsp3) is 0.135. The maximum absolute atomic E-state index is 14.4. The van der Waals surface area contributed by atoms with E-state index in [0.29, 0.717) is 25.9 Å². The van der Waals surface area contributed by atoms with Crippen molar-refractivity contribution in [1.82, 2.24) is 9.13 Å². The Morgan fingerprint density at radius 1 is 0.978 bits per heavy atom. The molecule has 1 unspecified atom stereocenters. The van der Waals surface area contributed by atoms with Gasteiger partial charge in [-0.1, -0.05) is 95.2 Å². The van der Waals surface area contributed by atoms with Gasteiger partial charge in [-0.15, -0.1) is 0 Å². The normalized spacial score (nSPS) is 15.9. The van der Waals surface area contributed by atoms with Gasteiger partial charge in [-0.2, -0.15) is 0 Å². The number of allylic oxidation sites excluding steroid dienone is 1. The van der Waals surface area contributed by atoms with E-state index in [2.05, 4.69) is 59.3 Å². The summed E-state index contributed by atoms with van der Waals surface area (Å²) in [4.78, 5) is 20.2. The van der Waals surface area contributed by atoms with Crippen molar-refractivity contribution in [3.63, 3.8) is 0 Å². The lowest BCUT2D eigenvalue weighted by atomic mass is 9.83. The van der Waals surface area contributed by atoms with Crippen LogP contribution in [-0.2, 0) is 13.0 Å². The molecule has 1 atom stereocenters. The Bertz CT molecular complexity index is 2350. The lowest BCUT2D eigenvalue weighted by Crippen LogP contribution is -2.38. The first kappa shape index (κ1) is 28.1. The molecule has 0 saturated heterocycles. The number of aromatic nitrogens is 2. The summed E-state index contributed by atoms with van der Waals surface area (Å²) in [6.45, 7) is 0.579. The Kier molecular flexibility index (Phi) is 7.01. The lowest BCUT2D eigenvalue weighted by molar-refractivity contribution is 0.414. The number of fused-ring (bicyclic) bond motifs is 4. The minimum absolute atomic E-state index is 0.0393. The van der Waals surface area contributed by atoms with E-state index in [1.54, 1.807) is 13.2 Å². The van der Waals surface area contributed by atoms with E-state index in [4.69, 9.17) is 32.9 Å². The van der Waals surface area contributed by atoms with Crippen molar-refractivity contribution >= 4 is 57.2 Å². The molecular formula is C37H27Cl2N3O2S. The molecule has 0 spiro atoms. The molecule has 0 N–H and O–H groups in total. The Labute approximate surface area is 273 Å². The predicted octanol–water partition coefficient (Wildman–Crippen LogP) is 7.64. The fourth-order valence-corrected chi connectivity index (χ4v) is 8.06. The number of methoxy groups -OCH3 is 1. The van der Waals surface area contributed by atoms with Crippen LogP contribution in [0, 0.1) is 0 Å². The highest BCUT2D eigenvalue weighted by Gasteiger charge is 2.32. The van der Waals surface area contributed by atoms with Gasteiger partial charge in [0.25, 0.3) is 5.56 Å². The number of halogens is 2. The highest BCUT2D eigenvalue weighted by atomic mass is 35.5. The van der Waals surface area contributed by atoms with E-state index in [9.17, 15) is 4.79 Å². The van der Waals surface area contributed by atoms with Crippen molar-refractivity contribution < 1.29 is 4.74 Å². The van der Waals surface area contributed by atoms with Crippen LogP contribution in [0.5, 0.6) is 5.75 Å². The van der Waals surface area contributed by atoms with Crippen LogP contribution in [0.15, 0.2) is 113 Å². The standard InChI is InChI=1S/C37H27Cl2N3O2S/c1-44-27-15-11-23(12-16-27)35-30-17-13-22-6-2-3-8-29(22)34(30)40-37-42(35)36(43)33(45-37)18-25-21-41(32-9-5-4-7-28(25)32)20-24-10-14-26(38)19-31(24)39/h2-12,14-16,18-19,21,35H,13,17,20H2,1H3. The Balaban J connectivity index is 1.30. The second-order valence-corrected chi connectivity index (χ2v) is 13.2.